The second-order valence-corrected chi connectivity index (χ2v) is 8.06. The van der Waals surface area contributed by atoms with E-state index in [-0.39, 0.29) is 12.5 Å². The van der Waals surface area contributed by atoms with E-state index in [4.69, 9.17) is 18.6 Å². The lowest BCUT2D eigenvalue weighted by Crippen LogP contribution is -2.17. The number of rotatable bonds is 10. The zero-order chi connectivity index (χ0) is 23.0. The number of aryl methyl sites for hydroxylation is 1. The Labute approximate surface area is 195 Å². The molecule has 4 rings (SSSR count). The van der Waals surface area contributed by atoms with Crippen molar-refractivity contribution in [2.24, 2.45) is 0 Å². The molecule has 0 bridgehead atoms. The summed E-state index contributed by atoms with van der Waals surface area (Å²) in [5, 5.41) is 6.58. The van der Waals surface area contributed by atoms with Gasteiger partial charge in [-0.05, 0) is 50.6 Å². The van der Waals surface area contributed by atoms with Gasteiger partial charge in [-0.25, -0.2) is 4.79 Å². The third-order valence-corrected chi connectivity index (χ3v) is 5.67. The monoisotopic (exact) mass is 467 g/mol. The van der Waals surface area contributed by atoms with E-state index in [1.165, 1.54) is 11.3 Å². The fourth-order valence-corrected chi connectivity index (χ4v) is 4.11. The van der Waals surface area contributed by atoms with E-state index in [0.29, 0.717) is 17.4 Å². The van der Waals surface area contributed by atoms with E-state index in [2.05, 4.69) is 15.3 Å². The number of fused-ring (bicyclic) bond motifs is 1. The first-order chi connectivity index (χ1) is 16.2. The summed E-state index contributed by atoms with van der Waals surface area (Å²) in [4.78, 5) is 20.0. The van der Waals surface area contributed by atoms with Crippen molar-refractivity contribution < 1.29 is 23.4 Å². The summed E-state index contributed by atoms with van der Waals surface area (Å²) in [5.74, 6) is 1.58. The van der Waals surface area contributed by atoms with E-state index in [9.17, 15) is 4.79 Å². The van der Waals surface area contributed by atoms with Crippen molar-refractivity contribution in [3.8, 4) is 22.4 Å². The molecule has 8 nitrogen and oxygen atoms in total. The van der Waals surface area contributed by atoms with Crippen molar-refractivity contribution in [1.29, 1.82) is 0 Å². The lowest BCUT2D eigenvalue weighted by molar-refractivity contribution is 0.103. The van der Waals surface area contributed by atoms with Crippen LogP contribution in [0.1, 0.15) is 24.5 Å². The highest BCUT2D eigenvalue weighted by Gasteiger charge is 2.20. The van der Waals surface area contributed by atoms with Crippen molar-refractivity contribution in [1.82, 2.24) is 15.3 Å². The summed E-state index contributed by atoms with van der Waals surface area (Å²) >= 11 is 1.33. The molecule has 4 aromatic rings. The summed E-state index contributed by atoms with van der Waals surface area (Å²) in [6, 6.07) is 9.72. The number of carbonyl (C=O) groups is 1. The molecule has 1 N–H and O–H groups in total. The fraction of sp³-hybridized carbons (Fsp3) is 0.292. The second kappa shape index (κ2) is 10.9. The van der Waals surface area contributed by atoms with Crippen LogP contribution in [0.15, 0.2) is 52.5 Å². The van der Waals surface area contributed by atoms with E-state index >= 15 is 0 Å². The Morgan fingerprint density at radius 2 is 2.15 bits per heavy atom. The van der Waals surface area contributed by atoms with Gasteiger partial charge < -0.3 is 23.9 Å². The molecule has 0 fully saturated rings. The Morgan fingerprint density at radius 3 is 2.97 bits per heavy atom. The standard InChI is InChI=1S/C24H25N3O5S/c1-3-29-24(28)32-20-15-33-23(27-20)22-16(2)21-18(8-4-9-19(21)31-22)30-12-6-11-26-14-17-7-5-10-25-13-17/h4-5,7-10,13,15,26H,3,6,11-12,14H2,1-2H3. The van der Waals surface area contributed by atoms with Gasteiger partial charge in [0.1, 0.15) is 11.3 Å². The molecule has 0 radical (unpaired) electrons. The number of thiazole rings is 1. The lowest BCUT2D eigenvalue weighted by atomic mass is 10.1. The highest BCUT2D eigenvalue weighted by atomic mass is 32.1. The molecule has 33 heavy (non-hydrogen) atoms. The SMILES string of the molecule is CCOC(=O)Oc1csc(-c2oc3cccc(OCCCNCc4cccnc4)c3c2C)n1. The molecule has 0 atom stereocenters. The quantitative estimate of drug-likeness (QED) is 0.246. The Morgan fingerprint density at radius 1 is 1.24 bits per heavy atom. The summed E-state index contributed by atoms with van der Waals surface area (Å²) in [6.45, 7) is 6.11. The molecule has 3 heterocycles. The van der Waals surface area contributed by atoms with Crippen molar-refractivity contribution in [3.63, 3.8) is 0 Å². The molecule has 3 aromatic heterocycles. The maximum Gasteiger partial charge on any atom is 0.515 e. The first-order valence-corrected chi connectivity index (χ1v) is 11.6. The molecule has 0 aliphatic carbocycles. The number of nitrogens with one attached hydrogen (secondary N) is 1. The van der Waals surface area contributed by atoms with Crippen LogP contribution >= 0.6 is 11.3 Å². The summed E-state index contributed by atoms with van der Waals surface area (Å²) < 4.78 is 22.0. The number of benzene rings is 1. The van der Waals surface area contributed by atoms with Crippen LogP contribution in [0.5, 0.6) is 11.6 Å². The van der Waals surface area contributed by atoms with Crippen molar-refractivity contribution in [3.05, 3.63) is 59.2 Å². The Balaban J connectivity index is 1.38. The number of nitrogens with zero attached hydrogens (tertiary/aromatic N) is 2. The Bertz CT molecular complexity index is 1210. The van der Waals surface area contributed by atoms with Gasteiger partial charge in [-0.1, -0.05) is 12.1 Å². The minimum absolute atomic E-state index is 0.184. The zero-order valence-corrected chi connectivity index (χ0v) is 19.3. The number of hydrogen-bond donors (Lipinski definition) is 1. The van der Waals surface area contributed by atoms with Crippen LogP contribution in [0.4, 0.5) is 4.79 Å². The van der Waals surface area contributed by atoms with Gasteiger partial charge in [0, 0.05) is 24.5 Å². The molecule has 9 heteroatoms. The third-order valence-electron chi connectivity index (χ3n) is 4.85. The first kappa shape index (κ1) is 22.8. The number of hydrogen-bond acceptors (Lipinski definition) is 9. The van der Waals surface area contributed by atoms with Crippen LogP contribution in [0, 0.1) is 6.92 Å². The highest BCUT2D eigenvalue weighted by molar-refractivity contribution is 7.13. The van der Waals surface area contributed by atoms with Gasteiger partial charge in [0.05, 0.1) is 24.0 Å². The molecule has 0 amide bonds. The first-order valence-electron chi connectivity index (χ1n) is 10.7. The van der Waals surface area contributed by atoms with Crippen LogP contribution in [-0.4, -0.2) is 35.9 Å². The van der Waals surface area contributed by atoms with Crippen LogP contribution in [-0.2, 0) is 11.3 Å². The molecule has 172 valence electrons. The third kappa shape index (κ3) is 5.68. The minimum Gasteiger partial charge on any atom is -0.493 e. The molecule has 0 aliphatic heterocycles. The highest BCUT2D eigenvalue weighted by Crippen LogP contribution is 2.39. The smallest absolute Gasteiger partial charge is 0.493 e. The number of pyridine rings is 1. The summed E-state index contributed by atoms with van der Waals surface area (Å²) in [6.07, 6.45) is 3.71. The largest absolute Gasteiger partial charge is 0.515 e. The summed E-state index contributed by atoms with van der Waals surface area (Å²) in [7, 11) is 0. The molecule has 0 aliphatic rings. The maximum atomic E-state index is 11.5. The van der Waals surface area contributed by atoms with Crippen LogP contribution < -0.4 is 14.8 Å². The topological polar surface area (TPSA) is 95.7 Å². The molecule has 0 saturated carbocycles. The van der Waals surface area contributed by atoms with Gasteiger partial charge in [0.15, 0.2) is 10.8 Å². The van der Waals surface area contributed by atoms with E-state index in [0.717, 1.165) is 47.4 Å². The van der Waals surface area contributed by atoms with Gasteiger partial charge >= 0.3 is 6.16 Å². The average molecular weight is 468 g/mol. The van der Waals surface area contributed by atoms with E-state index in [1.807, 2.05) is 43.5 Å². The minimum atomic E-state index is -0.777. The van der Waals surface area contributed by atoms with E-state index in [1.54, 1.807) is 18.5 Å². The number of carbonyl (C=O) groups excluding carboxylic acids is 1. The van der Waals surface area contributed by atoms with Crippen molar-refractivity contribution >= 4 is 28.5 Å². The molecule has 0 unspecified atom stereocenters. The molecular formula is C24H25N3O5S. The predicted octanol–water partition coefficient (Wildman–Crippen LogP) is 5.35. The van der Waals surface area contributed by atoms with Crippen LogP contribution in [0.3, 0.4) is 0 Å². The van der Waals surface area contributed by atoms with E-state index < -0.39 is 6.16 Å². The molecular weight excluding hydrogens is 442 g/mol. The summed E-state index contributed by atoms with van der Waals surface area (Å²) in [5.41, 5.74) is 2.80. The number of furan rings is 1. The second-order valence-electron chi connectivity index (χ2n) is 7.20. The number of aromatic nitrogens is 2. The Kier molecular flexibility index (Phi) is 7.54. The van der Waals surface area contributed by atoms with Gasteiger partial charge in [0.25, 0.3) is 0 Å². The lowest BCUT2D eigenvalue weighted by Gasteiger charge is -2.08. The van der Waals surface area contributed by atoms with Crippen LogP contribution in [0.25, 0.3) is 21.7 Å². The maximum absolute atomic E-state index is 11.5. The molecule has 0 spiro atoms. The average Bonchev–Trinajstić information content (AvgIpc) is 3.41. The number of ether oxygens (including phenoxy) is 3. The van der Waals surface area contributed by atoms with Gasteiger partial charge in [-0.2, -0.15) is 4.98 Å². The van der Waals surface area contributed by atoms with Gasteiger partial charge in [-0.3, -0.25) is 4.98 Å². The van der Waals surface area contributed by atoms with Gasteiger partial charge in [0.2, 0.25) is 5.88 Å². The Hall–Kier alpha value is -3.43. The zero-order valence-electron chi connectivity index (χ0n) is 18.5. The van der Waals surface area contributed by atoms with Gasteiger partial charge in [-0.15, -0.1) is 11.3 Å². The van der Waals surface area contributed by atoms with Crippen molar-refractivity contribution in [2.45, 2.75) is 26.8 Å². The fourth-order valence-electron chi connectivity index (χ4n) is 3.35. The normalized spacial score (nSPS) is 11.0. The van der Waals surface area contributed by atoms with Crippen LogP contribution in [0.2, 0.25) is 0 Å². The predicted molar refractivity (Wildman–Crippen MR) is 126 cm³/mol. The van der Waals surface area contributed by atoms with Crippen molar-refractivity contribution in [2.75, 3.05) is 19.8 Å². The molecule has 1 aromatic carbocycles. The molecule has 0 saturated heterocycles.